The Balaban J connectivity index is 1.36. The zero-order chi connectivity index (χ0) is 21.8. The summed E-state index contributed by atoms with van der Waals surface area (Å²) in [4.78, 5) is 15.0. The summed E-state index contributed by atoms with van der Waals surface area (Å²) < 4.78 is 16.3. The van der Waals surface area contributed by atoms with E-state index in [0.717, 1.165) is 59.0 Å². The van der Waals surface area contributed by atoms with Crippen LogP contribution in [0.1, 0.15) is 47.0 Å². The van der Waals surface area contributed by atoms with Crippen LogP contribution in [0.25, 0.3) is 0 Å². The van der Waals surface area contributed by atoms with Crippen LogP contribution < -0.4 is 9.47 Å². The molecule has 2 heterocycles. The Morgan fingerprint density at radius 1 is 1.10 bits per heavy atom. The highest BCUT2D eigenvalue weighted by atomic mass is 16.5. The van der Waals surface area contributed by atoms with Crippen LogP contribution in [0.2, 0.25) is 0 Å². The smallest absolute Gasteiger partial charge is 0.227 e. The molecule has 162 valence electrons. The van der Waals surface area contributed by atoms with Gasteiger partial charge in [0.1, 0.15) is 23.9 Å². The van der Waals surface area contributed by atoms with E-state index in [-0.39, 0.29) is 11.9 Å². The molecule has 0 saturated carbocycles. The van der Waals surface area contributed by atoms with Gasteiger partial charge in [-0.05, 0) is 62.1 Å². The summed E-state index contributed by atoms with van der Waals surface area (Å²) in [6.07, 6.45) is 2.40. The van der Waals surface area contributed by atoms with Gasteiger partial charge in [-0.15, -0.1) is 0 Å². The lowest BCUT2D eigenvalue weighted by molar-refractivity contribution is -0.131. The van der Waals surface area contributed by atoms with Gasteiger partial charge in [-0.25, -0.2) is 0 Å². The fraction of sp³-hybridized carbons (Fsp3) is 0.360. The van der Waals surface area contributed by atoms with Gasteiger partial charge < -0.3 is 18.9 Å². The average Bonchev–Trinajstić information content (AvgIpc) is 3.40. The molecule has 1 aliphatic heterocycles. The predicted octanol–water partition coefficient (Wildman–Crippen LogP) is 4.79. The quantitative estimate of drug-likeness (QED) is 0.550. The Kier molecular flexibility index (Phi) is 6.26. The van der Waals surface area contributed by atoms with Gasteiger partial charge in [0.05, 0.1) is 30.8 Å². The standard InChI is InChI=1S/C25H28N2O4/c1-17-23(18(2)31-26-17)16-30-22-10-6-19(7-11-22)15-25(28)27-14-4-5-24(27)20-8-12-21(29-3)13-9-20/h6-13,24H,4-5,14-16H2,1-3H3. The van der Waals surface area contributed by atoms with Gasteiger partial charge in [0.15, 0.2) is 0 Å². The van der Waals surface area contributed by atoms with Crippen molar-refractivity contribution in [2.75, 3.05) is 13.7 Å². The minimum absolute atomic E-state index is 0.135. The van der Waals surface area contributed by atoms with Crippen molar-refractivity contribution in [1.29, 1.82) is 0 Å². The summed E-state index contributed by atoms with van der Waals surface area (Å²) in [6, 6.07) is 15.9. The molecule has 1 saturated heterocycles. The first-order valence-corrected chi connectivity index (χ1v) is 10.6. The number of hydrogen-bond acceptors (Lipinski definition) is 5. The molecule has 0 bridgehead atoms. The van der Waals surface area contributed by atoms with Crippen LogP contribution in [0.4, 0.5) is 0 Å². The number of rotatable bonds is 7. The first-order valence-electron chi connectivity index (χ1n) is 10.6. The first-order chi connectivity index (χ1) is 15.0. The molecular formula is C25H28N2O4. The van der Waals surface area contributed by atoms with E-state index in [9.17, 15) is 4.79 Å². The number of carbonyl (C=O) groups is 1. The molecule has 6 heteroatoms. The van der Waals surface area contributed by atoms with Gasteiger partial charge in [0.2, 0.25) is 5.91 Å². The molecule has 1 atom stereocenters. The third kappa shape index (κ3) is 4.74. The molecule has 6 nitrogen and oxygen atoms in total. The Bertz CT molecular complexity index is 1010. The van der Waals surface area contributed by atoms with Crippen molar-refractivity contribution in [2.24, 2.45) is 0 Å². The number of aryl methyl sites for hydroxylation is 2. The highest BCUT2D eigenvalue weighted by molar-refractivity contribution is 5.79. The van der Waals surface area contributed by atoms with Gasteiger partial charge in [-0.1, -0.05) is 29.4 Å². The molecule has 0 radical (unpaired) electrons. The molecule has 2 aromatic carbocycles. The lowest BCUT2D eigenvalue weighted by Gasteiger charge is -2.25. The van der Waals surface area contributed by atoms with Crippen molar-refractivity contribution >= 4 is 5.91 Å². The van der Waals surface area contributed by atoms with Crippen LogP contribution in [0.5, 0.6) is 11.5 Å². The molecule has 0 aliphatic carbocycles. The zero-order valence-corrected chi connectivity index (χ0v) is 18.3. The summed E-state index contributed by atoms with van der Waals surface area (Å²) >= 11 is 0. The Hall–Kier alpha value is -3.28. The van der Waals surface area contributed by atoms with Crippen LogP contribution in [0.3, 0.4) is 0 Å². The van der Waals surface area contributed by atoms with E-state index in [4.69, 9.17) is 14.0 Å². The molecule has 0 spiro atoms. The van der Waals surface area contributed by atoms with Crippen molar-refractivity contribution in [1.82, 2.24) is 10.1 Å². The molecule has 0 N–H and O–H groups in total. The third-order valence-electron chi connectivity index (χ3n) is 5.92. The minimum Gasteiger partial charge on any atom is -0.497 e. The van der Waals surface area contributed by atoms with E-state index < -0.39 is 0 Å². The van der Waals surface area contributed by atoms with Gasteiger partial charge in [0, 0.05) is 6.54 Å². The minimum atomic E-state index is 0.135. The van der Waals surface area contributed by atoms with Crippen molar-refractivity contribution in [2.45, 2.75) is 45.8 Å². The van der Waals surface area contributed by atoms with Gasteiger partial charge in [-0.3, -0.25) is 4.79 Å². The van der Waals surface area contributed by atoms with Crippen LogP contribution in [-0.4, -0.2) is 29.6 Å². The molecule has 1 fully saturated rings. The van der Waals surface area contributed by atoms with Crippen LogP contribution >= 0.6 is 0 Å². The molecule has 31 heavy (non-hydrogen) atoms. The maximum Gasteiger partial charge on any atom is 0.227 e. The Morgan fingerprint density at radius 2 is 1.81 bits per heavy atom. The van der Waals surface area contributed by atoms with E-state index in [1.807, 2.05) is 55.1 Å². The van der Waals surface area contributed by atoms with E-state index in [2.05, 4.69) is 17.3 Å². The number of nitrogens with zero attached hydrogens (tertiary/aromatic N) is 2. The highest BCUT2D eigenvalue weighted by Crippen LogP contribution is 2.33. The number of aromatic nitrogens is 1. The lowest BCUT2D eigenvalue weighted by atomic mass is 10.0. The number of carbonyl (C=O) groups excluding carboxylic acids is 1. The van der Waals surface area contributed by atoms with Gasteiger partial charge in [0.25, 0.3) is 0 Å². The topological polar surface area (TPSA) is 64.8 Å². The molecular weight excluding hydrogens is 392 g/mol. The fourth-order valence-corrected chi connectivity index (χ4v) is 4.08. The number of likely N-dealkylation sites (tertiary alicyclic amines) is 1. The number of hydrogen-bond donors (Lipinski definition) is 0. The number of amides is 1. The molecule has 3 aromatic rings. The number of ether oxygens (including phenoxy) is 2. The van der Waals surface area contributed by atoms with Crippen molar-refractivity contribution < 1.29 is 18.8 Å². The largest absolute Gasteiger partial charge is 0.497 e. The number of benzene rings is 2. The summed E-state index contributed by atoms with van der Waals surface area (Å²) in [5.74, 6) is 2.52. The molecule has 1 amide bonds. The monoisotopic (exact) mass is 420 g/mol. The van der Waals surface area contributed by atoms with Gasteiger partial charge in [-0.2, -0.15) is 0 Å². The van der Waals surface area contributed by atoms with Crippen LogP contribution in [0.15, 0.2) is 53.1 Å². The second kappa shape index (κ2) is 9.25. The second-order valence-electron chi connectivity index (χ2n) is 7.93. The van der Waals surface area contributed by atoms with Crippen molar-refractivity contribution in [3.8, 4) is 11.5 Å². The fourth-order valence-electron chi connectivity index (χ4n) is 4.08. The SMILES string of the molecule is COc1ccc(C2CCCN2C(=O)Cc2ccc(OCc3c(C)noc3C)cc2)cc1. The molecule has 1 aliphatic rings. The Morgan fingerprint density at radius 3 is 2.45 bits per heavy atom. The second-order valence-corrected chi connectivity index (χ2v) is 7.93. The summed E-state index contributed by atoms with van der Waals surface area (Å²) in [5, 5.41) is 3.95. The van der Waals surface area contributed by atoms with E-state index in [0.29, 0.717) is 13.0 Å². The van der Waals surface area contributed by atoms with Crippen molar-refractivity contribution in [3.63, 3.8) is 0 Å². The van der Waals surface area contributed by atoms with E-state index in [1.165, 1.54) is 0 Å². The van der Waals surface area contributed by atoms with Gasteiger partial charge >= 0.3 is 0 Å². The Labute approximate surface area is 182 Å². The first kappa shape index (κ1) is 21.0. The zero-order valence-electron chi connectivity index (χ0n) is 18.3. The maximum absolute atomic E-state index is 13.0. The molecule has 4 rings (SSSR count). The van der Waals surface area contributed by atoms with Crippen LogP contribution in [0, 0.1) is 13.8 Å². The predicted molar refractivity (Wildman–Crippen MR) is 117 cm³/mol. The molecule has 1 unspecified atom stereocenters. The highest BCUT2D eigenvalue weighted by Gasteiger charge is 2.29. The van der Waals surface area contributed by atoms with Crippen LogP contribution in [-0.2, 0) is 17.8 Å². The lowest BCUT2D eigenvalue weighted by Crippen LogP contribution is -2.31. The normalized spacial score (nSPS) is 15.8. The number of methoxy groups -OCH3 is 1. The summed E-state index contributed by atoms with van der Waals surface area (Å²) in [7, 11) is 1.66. The summed E-state index contributed by atoms with van der Waals surface area (Å²) in [6.45, 7) is 5.00. The van der Waals surface area contributed by atoms with E-state index >= 15 is 0 Å². The average molecular weight is 421 g/mol. The maximum atomic E-state index is 13.0. The van der Waals surface area contributed by atoms with Crippen molar-refractivity contribution in [3.05, 3.63) is 76.7 Å². The van der Waals surface area contributed by atoms with E-state index in [1.54, 1.807) is 7.11 Å². The summed E-state index contributed by atoms with van der Waals surface area (Å²) in [5.41, 5.74) is 3.96. The molecule has 1 aromatic heterocycles. The third-order valence-corrected chi connectivity index (χ3v) is 5.92.